The van der Waals surface area contributed by atoms with Gasteiger partial charge in [-0.05, 0) is 43.4 Å². The molecule has 1 atom stereocenters. The first-order chi connectivity index (χ1) is 10.8. The number of para-hydroxylation sites is 1. The van der Waals surface area contributed by atoms with Crippen LogP contribution in [0.2, 0.25) is 0 Å². The normalized spacial score (nSPS) is 12.2. The minimum Gasteiger partial charge on any atom is -0.489 e. The standard InChI is InChI=1S/C17H29N3OS.HI/c1-4-15(21-16-10-6-5-7-11-16)14-20-17(18-2)19-12-8-9-13-22-3;/h5-7,10-11,15H,4,8-9,12-14H2,1-3H3,(H2,18,19,20);1H. The lowest BCUT2D eigenvalue weighted by Crippen LogP contribution is -2.42. The quantitative estimate of drug-likeness (QED) is 0.246. The Kier molecular flexibility index (Phi) is 14.5. The molecule has 0 aliphatic heterocycles. The minimum absolute atomic E-state index is 0. The van der Waals surface area contributed by atoms with E-state index in [-0.39, 0.29) is 30.1 Å². The van der Waals surface area contributed by atoms with E-state index in [2.05, 4.69) is 28.8 Å². The average Bonchev–Trinajstić information content (AvgIpc) is 2.57. The SMILES string of the molecule is CCC(CNC(=NC)NCCCCSC)Oc1ccccc1.I. The predicted molar refractivity (Wildman–Crippen MR) is 114 cm³/mol. The Labute approximate surface area is 162 Å². The average molecular weight is 451 g/mol. The van der Waals surface area contributed by atoms with Crippen LogP contribution in [0.5, 0.6) is 5.75 Å². The second-order valence-electron chi connectivity index (χ2n) is 5.04. The van der Waals surface area contributed by atoms with Crippen molar-refractivity contribution in [3.05, 3.63) is 30.3 Å². The largest absolute Gasteiger partial charge is 0.489 e. The highest BCUT2D eigenvalue weighted by molar-refractivity contribution is 14.0. The van der Waals surface area contributed by atoms with Gasteiger partial charge in [0.1, 0.15) is 11.9 Å². The monoisotopic (exact) mass is 451 g/mol. The van der Waals surface area contributed by atoms with Gasteiger partial charge in [-0.25, -0.2) is 0 Å². The predicted octanol–water partition coefficient (Wildman–Crippen LogP) is 3.77. The third kappa shape index (κ3) is 10.7. The first-order valence-electron chi connectivity index (χ1n) is 7.95. The van der Waals surface area contributed by atoms with E-state index in [1.165, 1.54) is 18.6 Å². The van der Waals surface area contributed by atoms with Crippen LogP contribution < -0.4 is 15.4 Å². The van der Waals surface area contributed by atoms with Crippen LogP contribution in [0.4, 0.5) is 0 Å². The molecule has 0 aromatic heterocycles. The number of nitrogens with one attached hydrogen (secondary N) is 2. The lowest BCUT2D eigenvalue weighted by atomic mass is 10.2. The zero-order chi connectivity index (χ0) is 16.0. The molecule has 2 N–H and O–H groups in total. The molecule has 1 unspecified atom stereocenters. The van der Waals surface area contributed by atoms with Gasteiger partial charge in [0.05, 0.1) is 6.54 Å². The number of halogens is 1. The zero-order valence-corrected chi connectivity index (χ0v) is 17.5. The highest BCUT2D eigenvalue weighted by atomic mass is 127. The number of rotatable bonds is 10. The number of benzene rings is 1. The first kappa shape index (κ1) is 22.4. The molecule has 6 heteroatoms. The summed E-state index contributed by atoms with van der Waals surface area (Å²) in [5.74, 6) is 2.98. The highest BCUT2D eigenvalue weighted by Crippen LogP contribution is 2.11. The van der Waals surface area contributed by atoms with Crippen molar-refractivity contribution in [1.82, 2.24) is 10.6 Å². The molecule has 0 saturated heterocycles. The van der Waals surface area contributed by atoms with Crippen molar-refractivity contribution in [1.29, 1.82) is 0 Å². The van der Waals surface area contributed by atoms with Crippen molar-refractivity contribution in [2.24, 2.45) is 4.99 Å². The molecule has 1 aromatic rings. The lowest BCUT2D eigenvalue weighted by Gasteiger charge is -2.20. The van der Waals surface area contributed by atoms with Crippen LogP contribution >= 0.6 is 35.7 Å². The van der Waals surface area contributed by atoms with Crippen LogP contribution in [0.25, 0.3) is 0 Å². The molecule has 0 aliphatic rings. The number of nitrogens with zero attached hydrogens (tertiary/aromatic N) is 1. The van der Waals surface area contributed by atoms with E-state index in [4.69, 9.17) is 4.74 Å². The van der Waals surface area contributed by atoms with Crippen molar-refractivity contribution < 1.29 is 4.74 Å². The van der Waals surface area contributed by atoms with Gasteiger partial charge in [0.25, 0.3) is 0 Å². The summed E-state index contributed by atoms with van der Waals surface area (Å²) in [5.41, 5.74) is 0. The van der Waals surface area contributed by atoms with Crippen LogP contribution in [0.1, 0.15) is 26.2 Å². The topological polar surface area (TPSA) is 45.7 Å². The Hall–Kier alpha value is -0.630. The molecule has 0 heterocycles. The van der Waals surface area contributed by atoms with Gasteiger partial charge >= 0.3 is 0 Å². The molecule has 0 aliphatic carbocycles. The van der Waals surface area contributed by atoms with Crippen LogP contribution in [-0.2, 0) is 0 Å². The van der Waals surface area contributed by atoms with Gasteiger partial charge in [0, 0.05) is 13.6 Å². The zero-order valence-electron chi connectivity index (χ0n) is 14.4. The molecule has 0 radical (unpaired) electrons. The smallest absolute Gasteiger partial charge is 0.191 e. The number of guanidine groups is 1. The van der Waals surface area contributed by atoms with E-state index in [0.29, 0.717) is 0 Å². The van der Waals surface area contributed by atoms with Gasteiger partial charge in [0.2, 0.25) is 0 Å². The van der Waals surface area contributed by atoms with E-state index in [0.717, 1.165) is 31.2 Å². The molecular weight excluding hydrogens is 421 g/mol. The number of thioether (sulfide) groups is 1. The van der Waals surface area contributed by atoms with Crippen LogP contribution in [0, 0.1) is 0 Å². The van der Waals surface area contributed by atoms with E-state index < -0.39 is 0 Å². The van der Waals surface area contributed by atoms with E-state index in [9.17, 15) is 0 Å². The third-order valence-electron chi connectivity index (χ3n) is 3.29. The van der Waals surface area contributed by atoms with Crippen molar-refractivity contribution in [2.75, 3.05) is 32.1 Å². The van der Waals surface area contributed by atoms with Crippen molar-refractivity contribution in [3.63, 3.8) is 0 Å². The van der Waals surface area contributed by atoms with Gasteiger partial charge in [-0.15, -0.1) is 24.0 Å². The summed E-state index contributed by atoms with van der Waals surface area (Å²) in [7, 11) is 1.80. The molecule has 1 rings (SSSR count). The van der Waals surface area contributed by atoms with Crippen LogP contribution in [0.3, 0.4) is 0 Å². The lowest BCUT2D eigenvalue weighted by molar-refractivity contribution is 0.199. The number of hydrogen-bond acceptors (Lipinski definition) is 3. The fourth-order valence-electron chi connectivity index (χ4n) is 1.97. The Morgan fingerprint density at radius 2 is 1.96 bits per heavy atom. The summed E-state index contributed by atoms with van der Waals surface area (Å²) >= 11 is 1.89. The Morgan fingerprint density at radius 1 is 1.22 bits per heavy atom. The minimum atomic E-state index is 0. The summed E-state index contributed by atoms with van der Waals surface area (Å²) in [5, 5.41) is 6.69. The maximum absolute atomic E-state index is 5.97. The molecule has 23 heavy (non-hydrogen) atoms. The second kappa shape index (κ2) is 14.9. The van der Waals surface area contributed by atoms with Crippen LogP contribution in [-0.4, -0.2) is 44.2 Å². The van der Waals surface area contributed by atoms with Crippen molar-refractivity contribution in [3.8, 4) is 5.75 Å². The molecule has 0 fully saturated rings. The number of aliphatic imine (C=N–C) groups is 1. The first-order valence-corrected chi connectivity index (χ1v) is 9.34. The Morgan fingerprint density at radius 3 is 2.57 bits per heavy atom. The Balaban J connectivity index is 0.00000484. The van der Waals surface area contributed by atoms with Gasteiger partial charge in [-0.1, -0.05) is 25.1 Å². The van der Waals surface area contributed by atoms with Gasteiger partial charge in [-0.2, -0.15) is 11.8 Å². The Bertz CT molecular complexity index is 418. The number of hydrogen-bond donors (Lipinski definition) is 2. The third-order valence-corrected chi connectivity index (χ3v) is 3.99. The van der Waals surface area contributed by atoms with Crippen LogP contribution in [0.15, 0.2) is 35.3 Å². The second-order valence-corrected chi connectivity index (χ2v) is 6.03. The van der Waals surface area contributed by atoms with Gasteiger partial charge < -0.3 is 15.4 Å². The van der Waals surface area contributed by atoms with Gasteiger partial charge in [0.15, 0.2) is 5.96 Å². The van der Waals surface area contributed by atoms with Gasteiger partial charge in [-0.3, -0.25) is 4.99 Å². The molecular formula is C17H30IN3OS. The van der Waals surface area contributed by atoms with E-state index in [1.807, 2.05) is 42.1 Å². The number of unbranched alkanes of at least 4 members (excludes halogenated alkanes) is 1. The highest BCUT2D eigenvalue weighted by Gasteiger charge is 2.08. The maximum Gasteiger partial charge on any atom is 0.191 e. The molecule has 0 amide bonds. The fourth-order valence-corrected chi connectivity index (χ4v) is 2.46. The molecule has 1 aromatic carbocycles. The summed E-state index contributed by atoms with van der Waals surface area (Å²) in [6, 6.07) is 9.95. The summed E-state index contributed by atoms with van der Waals surface area (Å²) in [6.45, 7) is 3.83. The molecule has 4 nitrogen and oxygen atoms in total. The molecule has 132 valence electrons. The molecule has 0 saturated carbocycles. The van der Waals surface area contributed by atoms with E-state index >= 15 is 0 Å². The summed E-state index contributed by atoms with van der Waals surface area (Å²) < 4.78 is 5.97. The van der Waals surface area contributed by atoms with E-state index in [1.54, 1.807) is 7.05 Å². The summed E-state index contributed by atoms with van der Waals surface area (Å²) in [4.78, 5) is 4.25. The number of ether oxygens (including phenoxy) is 1. The van der Waals surface area contributed by atoms with Crippen molar-refractivity contribution >= 4 is 41.7 Å². The fraction of sp³-hybridized carbons (Fsp3) is 0.588. The molecule has 0 bridgehead atoms. The maximum atomic E-state index is 5.97. The van der Waals surface area contributed by atoms with Crippen molar-refractivity contribution in [2.45, 2.75) is 32.3 Å². The molecule has 0 spiro atoms. The summed E-state index contributed by atoms with van der Waals surface area (Å²) in [6.07, 6.45) is 5.63.